The van der Waals surface area contributed by atoms with E-state index in [0.717, 1.165) is 5.56 Å². The average molecular weight is 333 g/mol. The maximum atomic E-state index is 12.4. The second kappa shape index (κ2) is 7.15. The normalized spacial score (nSPS) is 10.9. The fraction of sp³-hybridized carbons (Fsp3) is 0.188. The Labute approximate surface area is 136 Å². The number of hydrogen-bond donors (Lipinski definition) is 2. The number of sulfonamides is 1. The van der Waals surface area contributed by atoms with Crippen molar-refractivity contribution in [2.24, 2.45) is 0 Å². The Morgan fingerprint density at radius 1 is 1.30 bits per heavy atom. The molecule has 0 aliphatic rings. The number of aromatic nitrogens is 1. The molecule has 1 heterocycles. The van der Waals surface area contributed by atoms with E-state index in [1.165, 1.54) is 12.3 Å². The molecular formula is C16H19N3O3S. The van der Waals surface area contributed by atoms with Crippen LogP contribution in [0.25, 0.3) is 0 Å². The van der Waals surface area contributed by atoms with Crippen molar-refractivity contribution in [3.05, 3.63) is 54.7 Å². The lowest BCUT2D eigenvalue weighted by Crippen LogP contribution is -2.13. The number of benzene rings is 1. The molecule has 0 fully saturated rings. The van der Waals surface area contributed by atoms with Gasteiger partial charge in [0.1, 0.15) is 11.6 Å². The number of pyridine rings is 1. The molecule has 122 valence electrons. The Bertz CT molecular complexity index is 787. The molecule has 1 aromatic carbocycles. The van der Waals surface area contributed by atoms with E-state index in [9.17, 15) is 8.42 Å². The van der Waals surface area contributed by atoms with E-state index in [1.807, 2.05) is 0 Å². The first-order chi connectivity index (χ1) is 11.0. The van der Waals surface area contributed by atoms with Crippen LogP contribution in [-0.2, 0) is 10.0 Å². The number of aryl methyl sites for hydroxylation is 1. The Balaban J connectivity index is 2.17. The zero-order chi connectivity index (χ0) is 16.9. The van der Waals surface area contributed by atoms with Crippen LogP contribution in [0.3, 0.4) is 0 Å². The highest BCUT2D eigenvalue weighted by Gasteiger charge is 2.15. The summed E-state index contributed by atoms with van der Waals surface area (Å²) in [6.07, 6.45) is 3.17. The number of anilines is 2. The van der Waals surface area contributed by atoms with Gasteiger partial charge in [0.25, 0.3) is 10.0 Å². The van der Waals surface area contributed by atoms with E-state index < -0.39 is 10.0 Å². The van der Waals surface area contributed by atoms with Gasteiger partial charge in [0.2, 0.25) is 0 Å². The third-order valence-electron chi connectivity index (χ3n) is 3.12. The van der Waals surface area contributed by atoms with Crippen LogP contribution in [0, 0.1) is 6.92 Å². The van der Waals surface area contributed by atoms with Gasteiger partial charge >= 0.3 is 0 Å². The largest absolute Gasteiger partial charge is 0.496 e. The molecule has 6 nitrogen and oxygen atoms in total. The number of rotatable bonds is 7. The second-order valence-corrected chi connectivity index (χ2v) is 6.52. The summed E-state index contributed by atoms with van der Waals surface area (Å²) in [5.74, 6) is 1.29. The highest BCUT2D eigenvalue weighted by Crippen LogP contribution is 2.23. The molecule has 0 atom stereocenters. The lowest BCUT2D eigenvalue weighted by Gasteiger charge is -2.11. The fourth-order valence-corrected chi connectivity index (χ4v) is 3.10. The predicted octanol–water partition coefficient (Wildman–Crippen LogP) is 2.80. The molecule has 0 radical (unpaired) electrons. The van der Waals surface area contributed by atoms with Gasteiger partial charge in [-0.05, 0) is 42.8 Å². The Morgan fingerprint density at radius 2 is 2.09 bits per heavy atom. The van der Waals surface area contributed by atoms with Crippen molar-refractivity contribution in [1.29, 1.82) is 0 Å². The van der Waals surface area contributed by atoms with Gasteiger partial charge in [0.15, 0.2) is 0 Å². The third-order valence-corrected chi connectivity index (χ3v) is 4.50. The van der Waals surface area contributed by atoms with Crippen LogP contribution >= 0.6 is 0 Å². The molecule has 0 aliphatic carbocycles. The van der Waals surface area contributed by atoms with Crippen molar-refractivity contribution >= 4 is 21.5 Å². The van der Waals surface area contributed by atoms with E-state index in [2.05, 4.69) is 21.6 Å². The summed E-state index contributed by atoms with van der Waals surface area (Å²) in [4.78, 5) is 4.30. The number of nitrogens with one attached hydrogen (secondary N) is 2. The number of methoxy groups -OCH3 is 1. The first-order valence-electron chi connectivity index (χ1n) is 6.94. The minimum Gasteiger partial charge on any atom is -0.496 e. The van der Waals surface area contributed by atoms with Crippen molar-refractivity contribution in [3.8, 4) is 5.75 Å². The number of hydrogen-bond acceptors (Lipinski definition) is 5. The molecule has 0 aliphatic heterocycles. The van der Waals surface area contributed by atoms with Crippen LogP contribution in [-0.4, -0.2) is 27.1 Å². The van der Waals surface area contributed by atoms with Crippen LogP contribution < -0.4 is 14.8 Å². The molecular weight excluding hydrogens is 314 g/mol. The highest BCUT2D eigenvalue weighted by molar-refractivity contribution is 7.92. The Morgan fingerprint density at radius 3 is 2.65 bits per heavy atom. The lowest BCUT2D eigenvalue weighted by atomic mass is 10.2. The minimum atomic E-state index is -3.67. The van der Waals surface area contributed by atoms with Crippen LogP contribution in [0.5, 0.6) is 5.75 Å². The van der Waals surface area contributed by atoms with E-state index >= 15 is 0 Å². The highest BCUT2D eigenvalue weighted by atomic mass is 32.2. The topological polar surface area (TPSA) is 80.3 Å². The zero-order valence-electron chi connectivity index (χ0n) is 13.0. The SMILES string of the molecule is C=CCNc1ccc(NS(=O)(=O)c2ccc(OC)c(C)c2)cn1. The standard InChI is InChI=1S/C16H19N3O3S/c1-4-9-17-16-8-5-13(11-18-16)19-23(20,21)14-6-7-15(22-3)12(2)10-14/h4-8,10-11,19H,1,9H2,2-3H3,(H,17,18). The van der Waals surface area contributed by atoms with Gasteiger partial charge in [-0.25, -0.2) is 13.4 Å². The van der Waals surface area contributed by atoms with E-state index in [0.29, 0.717) is 23.8 Å². The second-order valence-electron chi connectivity index (χ2n) is 4.84. The quantitative estimate of drug-likeness (QED) is 0.762. The molecule has 23 heavy (non-hydrogen) atoms. The third kappa shape index (κ3) is 4.23. The maximum absolute atomic E-state index is 12.4. The van der Waals surface area contributed by atoms with Gasteiger partial charge in [0.05, 0.1) is 23.9 Å². The van der Waals surface area contributed by atoms with Gasteiger partial charge in [-0.15, -0.1) is 6.58 Å². The van der Waals surface area contributed by atoms with Crippen molar-refractivity contribution in [2.45, 2.75) is 11.8 Å². The zero-order valence-corrected chi connectivity index (χ0v) is 13.9. The molecule has 0 saturated heterocycles. The molecule has 2 N–H and O–H groups in total. The van der Waals surface area contributed by atoms with E-state index in [1.54, 1.807) is 44.4 Å². The monoisotopic (exact) mass is 333 g/mol. The lowest BCUT2D eigenvalue weighted by molar-refractivity contribution is 0.411. The van der Waals surface area contributed by atoms with Crippen LogP contribution in [0.1, 0.15) is 5.56 Å². The molecule has 2 rings (SSSR count). The fourth-order valence-electron chi connectivity index (χ4n) is 1.97. The van der Waals surface area contributed by atoms with Crippen molar-refractivity contribution in [2.75, 3.05) is 23.7 Å². The first-order valence-corrected chi connectivity index (χ1v) is 8.43. The molecule has 0 spiro atoms. The summed E-state index contributed by atoms with van der Waals surface area (Å²) in [6.45, 7) is 5.98. The van der Waals surface area contributed by atoms with Crippen LogP contribution in [0.2, 0.25) is 0 Å². The number of nitrogens with zero attached hydrogens (tertiary/aromatic N) is 1. The molecule has 0 saturated carbocycles. The van der Waals surface area contributed by atoms with Crippen LogP contribution in [0.4, 0.5) is 11.5 Å². The summed E-state index contributed by atoms with van der Waals surface area (Å²) >= 11 is 0. The van der Waals surface area contributed by atoms with Crippen molar-refractivity contribution in [3.63, 3.8) is 0 Å². The summed E-state index contributed by atoms with van der Waals surface area (Å²) in [6, 6.07) is 8.04. The Kier molecular flexibility index (Phi) is 5.23. The minimum absolute atomic E-state index is 0.171. The van der Waals surface area contributed by atoms with Gasteiger partial charge in [-0.2, -0.15) is 0 Å². The van der Waals surface area contributed by atoms with Gasteiger partial charge in [-0.3, -0.25) is 4.72 Å². The summed E-state index contributed by atoms with van der Waals surface area (Å²) in [5, 5.41) is 3.02. The Hall–Kier alpha value is -2.54. The molecule has 7 heteroatoms. The molecule has 0 bridgehead atoms. The maximum Gasteiger partial charge on any atom is 0.261 e. The van der Waals surface area contributed by atoms with E-state index in [-0.39, 0.29) is 4.90 Å². The average Bonchev–Trinajstić information content (AvgIpc) is 2.54. The summed E-state index contributed by atoms with van der Waals surface area (Å²) in [5.41, 5.74) is 1.14. The van der Waals surface area contributed by atoms with E-state index in [4.69, 9.17) is 4.74 Å². The molecule has 0 amide bonds. The van der Waals surface area contributed by atoms with Crippen molar-refractivity contribution in [1.82, 2.24) is 4.98 Å². The van der Waals surface area contributed by atoms with Crippen molar-refractivity contribution < 1.29 is 13.2 Å². The molecule has 0 unspecified atom stereocenters. The molecule has 1 aromatic heterocycles. The smallest absolute Gasteiger partial charge is 0.261 e. The van der Waals surface area contributed by atoms with Crippen LogP contribution in [0.15, 0.2) is 54.1 Å². The van der Waals surface area contributed by atoms with Gasteiger partial charge in [0, 0.05) is 6.54 Å². The molecule has 2 aromatic rings. The van der Waals surface area contributed by atoms with Gasteiger partial charge in [-0.1, -0.05) is 6.08 Å². The summed E-state index contributed by atoms with van der Waals surface area (Å²) < 4.78 is 32.4. The summed E-state index contributed by atoms with van der Waals surface area (Å²) in [7, 11) is -2.13. The predicted molar refractivity (Wildman–Crippen MR) is 91.5 cm³/mol. The van der Waals surface area contributed by atoms with Gasteiger partial charge < -0.3 is 10.1 Å². The number of ether oxygens (including phenoxy) is 1. The first kappa shape index (κ1) is 16.8.